The van der Waals surface area contributed by atoms with Gasteiger partial charge in [0.05, 0.1) is 18.8 Å². The van der Waals surface area contributed by atoms with Gasteiger partial charge in [0.15, 0.2) is 11.6 Å². The Balaban J connectivity index is 2.15. The molecule has 1 amide bonds. The molecule has 6 nitrogen and oxygen atoms in total. The zero-order valence-corrected chi connectivity index (χ0v) is 17.7. The summed E-state index contributed by atoms with van der Waals surface area (Å²) in [6.45, 7) is 5.78. The van der Waals surface area contributed by atoms with E-state index in [1.54, 1.807) is 32.9 Å². The highest BCUT2D eigenvalue weighted by Gasteiger charge is 2.30. The molecule has 1 aliphatic rings. The van der Waals surface area contributed by atoms with Crippen molar-refractivity contribution in [3.63, 3.8) is 0 Å². The third-order valence-corrected chi connectivity index (χ3v) is 4.91. The van der Waals surface area contributed by atoms with E-state index in [2.05, 4.69) is 20.9 Å². The number of hydrogen-bond donors (Lipinski definition) is 1. The molecule has 0 saturated heterocycles. The summed E-state index contributed by atoms with van der Waals surface area (Å²) in [5, 5.41) is 0. The molecule has 0 fully saturated rings. The molecular weight excluding hydrogens is 429 g/mol. The monoisotopic (exact) mass is 451 g/mol. The van der Waals surface area contributed by atoms with Gasteiger partial charge in [-0.25, -0.2) is 14.2 Å². The molecule has 0 atom stereocenters. The van der Waals surface area contributed by atoms with Gasteiger partial charge in [-0.1, -0.05) is 12.1 Å². The maximum atomic E-state index is 14.6. The Hall–Kier alpha value is -2.19. The first-order chi connectivity index (χ1) is 13.2. The van der Waals surface area contributed by atoms with Gasteiger partial charge in [-0.2, -0.15) is 0 Å². The van der Waals surface area contributed by atoms with Crippen LogP contribution in [0.25, 0.3) is 0 Å². The van der Waals surface area contributed by atoms with E-state index in [-0.39, 0.29) is 24.7 Å². The molecular formula is C20H23BrFN3O3. The Morgan fingerprint density at radius 2 is 2.18 bits per heavy atom. The molecule has 0 aliphatic carbocycles. The molecule has 1 aromatic carbocycles. The van der Waals surface area contributed by atoms with Gasteiger partial charge in [0.1, 0.15) is 11.4 Å². The van der Waals surface area contributed by atoms with Gasteiger partial charge in [0, 0.05) is 29.1 Å². The molecule has 28 heavy (non-hydrogen) atoms. The molecule has 0 bridgehead atoms. The second-order valence-corrected chi connectivity index (χ2v) is 8.34. The average Bonchev–Trinajstić information content (AvgIpc) is 2.67. The van der Waals surface area contributed by atoms with Gasteiger partial charge >= 0.3 is 6.09 Å². The quantitative estimate of drug-likeness (QED) is 0.698. The van der Waals surface area contributed by atoms with Gasteiger partial charge < -0.3 is 15.2 Å². The van der Waals surface area contributed by atoms with E-state index in [0.717, 1.165) is 5.56 Å². The number of nitrogens with two attached hydrogens (primary N) is 1. The summed E-state index contributed by atoms with van der Waals surface area (Å²) in [4.78, 5) is 18.8. The largest absolute Gasteiger partial charge is 0.489 e. The normalized spacial score (nSPS) is 14.1. The second kappa shape index (κ2) is 8.05. The van der Waals surface area contributed by atoms with Crippen LogP contribution in [0.2, 0.25) is 0 Å². The molecule has 0 radical (unpaired) electrons. The third-order valence-electron chi connectivity index (χ3n) is 4.22. The molecule has 0 unspecified atom stereocenters. The van der Waals surface area contributed by atoms with Gasteiger partial charge in [0.2, 0.25) is 0 Å². The second-order valence-electron chi connectivity index (χ2n) is 7.49. The van der Waals surface area contributed by atoms with Crippen molar-refractivity contribution in [1.29, 1.82) is 0 Å². The first kappa shape index (κ1) is 20.5. The number of nitrogens with zero attached hydrogens (tertiary/aromatic N) is 2. The van der Waals surface area contributed by atoms with E-state index in [4.69, 9.17) is 15.2 Å². The number of amides is 1. The van der Waals surface area contributed by atoms with E-state index in [1.807, 2.05) is 6.07 Å². The fourth-order valence-electron chi connectivity index (χ4n) is 2.93. The van der Waals surface area contributed by atoms with Crippen molar-refractivity contribution < 1.29 is 18.7 Å². The molecule has 8 heteroatoms. The summed E-state index contributed by atoms with van der Waals surface area (Å²) in [6.07, 6.45) is -0.128. The van der Waals surface area contributed by atoms with Crippen LogP contribution in [-0.2, 0) is 24.2 Å². The van der Waals surface area contributed by atoms with Gasteiger partial charge in [0.25, 0.3) is 0 Å². The predicted octanol–water partition coefficient (Wildman–Crippen LogP) is 4.32. The topological polar surface area (TPSA) is 77.7 Å². The van der Waals surface area contributed by atoms with Crippen LogP contribution in [0.15, 0.2) is 28.7 Å². The minimum atomic E-state index is -0.722. The number of rotatable bonds is 1. The molecule has 3 rings (SSSR count). The molecule has 1 aliphatic heterocycles. The summed E-state index contributed by atoms with van der Waals surface area (Å²) in [7, 11) is 0. The Bertz CT molecular complexity index is 899. The van der Waals surface area contributed by atoms with Crippen molar-refractivity contribution in [3.8, 4) is 5.75 Å². The van der Waals surface area contributed by atoms with E-state index < -0.39 is 11.7 Å². The standard InChI is InChI=1S/C20H23BrFN3O3/c1-20(2,3)28-19(26)25-11-13-12(5-4-6-15(13)22)7-8-27-17-9-14(21)16(10-23)24-18(17)25/h4-6,9H,7-8,10-11,23H2,1-3H3. The van der Waals surface area contributed by atoms with Crippen molar-refractivity contribution in [3.05, 3.63) is 51.4 Å². The zero-order valence-electron chi connectivity index (χ0n) is 16.1. The van der Waals surface area contributed by atoms with Crippen LogP contribution in [-0.4, -0.2) is 23.3 Å². The van der Waals surface area contributed by atoms with Crippen LogP contribution in [0.4, 0.5) is 15.0 Å². The van der Waals surface area contributed by atoms with Crippen LogP contribution in [0, 0.1) is 5.82 Å². The minimum absolute atomic E-state index is 0.0219. The minimum Gasteiger partial charge on any atom is -0.489 e. The number of hydrogen-bond acceptors (Lipinski definition) is 5. The summed E-state index contributed by atoms with van der Waals surface area (Å²) in [5.74, 6) is 0.280. The number of halogens is 2. The van der Waals surface area contributed by atoms with E-state index >= 15 is 0 Å². The Morgan fingerprint density at radius 3 is 2.86 bits per heavy atom. The highest BCUT2D eigenvalue weighted by molar-refractivity contribution is 9.10. The average molecular weight is 452 g/mol. The van der Waals surface area contributed by atoms with Crippen LogP contribution in [0.3, 0.4) is 0 Å². The van der Waals surface area contributed by atoms with Crippen molar-refractivity contribution in [2.75, 3.05) is 11.5 Å². The zero-order chi connectivity index (χ0) is 20.5. The SMILES string of the molecule is CC(C)(C)OC(=O)N1Cc2c(F)cccc2CCOc2cc(Br)c(CN)nc21. The Kier molecular flexibility index (Phi) is 5.90. The number of pyridine rings is 1. The van der Waals surface area contributed by atoms with Crippen molar-refractivity contribution in [2.45, 2.75) is 45.9 Å². The molecule has 2 heterocycles. The lowest BCUT2D eigenvalue weighted by molar-refractivity contribution is 0.0575. The number of benzene rings is 1. The highest BCUT2D eigenvalue weighted by Crippen LogP contribution is 2.35. The Labute approximate surface area is 172 Å². The number of carbonyl (C=O) groups is 1. The van der Waals surface area contributed by atoms with Crippen molar-refractivity contribution in [1.82, 2.24) is 4.98 Å². The Morgan fingerprint density at radius 1 is 1.43 bits per heavy atom. The lowest BCUT2D eigenvalue weighted by Gasteiger charge is -2.28. The molecule has 1 aromatic heterocycles. The van der Waals surface area contributed by atoms with E-state index in [1.165, 1.54) is 11.0 Å². The lowest BCUT2D eigenvalue weighted by atomic mass is 10.0. The molecule has 2 N–H and O–H groups in total. The number of anilines is 1. The van der Waals surface area contributed by atoms with Crippen LogP contribution in [0.5, 0.6) is 5.75 Å². The maximum absolute atomic E-state index is 14.6. The predicted molar refractivity (Wildman–Crippen MR) is 108 cm³/mol. The van der Waals surface area contributed by atoms with Gasteiger partial charge in [-0.05, 0) is 48.3 Å². The van der Waals surface area contributed by atoms with E-state index in [0.29, 0.717) is 34.5 Å². The smallest absolute Gasteiger partial charge is 0.416 e. The molecule has 150 valence electrons. The number of carbonyl (C=O) groups excluding carboxylic acids is 1. The third kappa shape index (κ3) is 4.44. The lowest BCUT2D eigenvalue weighted by Crippen LogP contribution is -2.37. The van der Waals surface area contributed by atoms with E-state index in [9.17, 15) is 9.18 Å². The number of fused-ring (bicyclic) bond motifs is 2. The van der Waals surface area contributed by atoms with Crippen LogP contribution >= 0.6 is 15.9 Å². The highest BCUT2D eigenvalue weighted by atomic mass is 79.9. The molecule has 2 aromatic rings. The van der Waals surface area contributed by atoms with Crippen molar-refractivity contribution >= 4 is 27.8 Å². The summed E-state index contributed by atoms with van der Waals surface area (Å²) in [6, 6.07) is 6.60. The summed E-state index contributed by atoms with van der Waals surface area (Å²) < 4.78 is 26.7. The van der Waals surface area contributed by atoms with Crippen molar-refractivity contribution in [2.24, 2.45) is 5.73 Å². The molecule has 0 saturated carbocycles. The van der Waals surface area contributed by atoms with Crippen LogP contribution in [0.1, 0.15) is 37.6 Å². The number of ether oxygens (including phenoxy) is 2. The van der Waals surface area contributed by atoms with Gasteiger partial charge in [-0.15, -0.1) is 0 Å². The summed E-state index contributed by atoms with van der Waals surface area (Å²) >= 11 is 3.43. The first-order valence-electron chi connectivity index (χ1n) is 8.98. The molecule has 0 spiro atoms. The van der Waals surface area contributed by atoms with Crippen LogP contribution < -0.4 is 15.4 Å². The fourth-order valence-corrected chi connectivity index (χ4v) is 3.39. The number of aromatic nitrogens is 1. The summed E-state index contributed by atoms with van der Waals surface area (Å²) in [5.41, 5.74) is 6.82. The maximum Gasteiger partial charge on any atom is 0.416 e. The fraction of sp³-hybridized carbons (Fsp3) is 0.400. The van der Waals surface area contributed by atoms with Gasteiger partial charge in [-0.3, -0.25) is 4.90 Å². The first-order valence-corrected chi connectivity index (χ1v) is 9.78.